The molecule has 5 heteroatoms. The minimum atomic E-state index is -0.920. The fraction of sp³-hybridized carbons (Fsp3) is 0.316. The first-order valence-corrected chi connectivity index (χ1v) is 8.05. The van der Waals surface area contributed by atoms with Crippen LogP contribution in [0.1, 0.15) is 29.3 Å². The summed E-state index contributed by atoms with van der Waals surface area (Å²) in [6, 6.07) is 12.9. The lowest BCUT2D eigenvalue weighted by Gasteiger charge is -2.28. The second kappa shape index (κ2) is 6.83. The lowest BCUT2D eigenvalue weighted by atomic mass is 9.91. The topological polar surface area (TPSA) is 70.5 Å². The number of carbonyl (C=O) groups is 2. The molecule has 2 atom stereocenters. The highest BCUT2D eigenvalue weighted by molar-refractivity contribution is 5.87. The number of amides is 1. The van der Waals surface area contributed by atoms with E-state index in [1.807, 2.05) is 49.4 Å². The Morgan fingerprint density at radius 3 is 2.67 bits per heavy atom. The van der Waals surface area contributed by atoms with Crippen LogP contribution in [-0.4, -0.2) is 33.4 Å². The van der Waals surface area contributed by atoms with E-state index in [0.29, 0.717) is 13.0 Å². The lowest BCUT2D eigenvalue weighted by molar-refractivity contribution is -0.142. The number of rotatable bonds is 5. The van der Waals surface area contributed by atoms with Gasteiger partial charge in [0, 0.05) is 31.3 Å². The number of benzene rings is 1. The Kier molecular flexibility index (Phi) is 4.60. The molecule has 1 aliphatic rings. The number of pyridine rings is 1. The summed E-state index contributed by atoms with van der Waals surface area (Å²) in [5.41, 5.74) is 2.82. The number of hydrogen-bond donors (Lipinski definition) is 1. The van der Waals surface area contributed by atoms with Crippen LogP contribution in [-0.2, 0) is 16.0 Å². The third kappa shape index (κ3) is 3.15. The molecule has 0 spiro atoms. The molecule has 1 N–H and O–H groups in total. The maximum absolute atomic E-state index is 12.4. The largest absolute Gasteiger partial charge is 0.481 e. The quantitative estimate of drug-likeness (QED) is 0.918. The summed E-state index contributed by atoms with van der Waals surface area (Å²) < 4.78 is 0. The van der Waals surface area contributed by atoms with Crippen molar-refractivity contribution >= 4 is 11.9 Å². The van der Waals surface area contributed by atoms with Crippen molar-refractivity contribution in [2.45, 2.75) is 25.8 Å². The van der Waals surface area contributed by atoms with E-state index in [4.69, 9.17) is 0 Å². The Balaban J connectivity index is 1.88. The molecule has 0 saturated carbocycles. The van der Waals surface area contributed by atoms with Crippen LogP contribution in [0.2, 0.25) is 0 Å². The molecule has 2 aromatic rings. The standard InChI is InChI=1S/C19H20N2O3/c1-13-6-2-3-8-15(13)18-16(19(23)24)12-17(22)21(18)11-9-14-7-4-5-10-20-14/h2-8,10,16,18H,9,11-12H2,1H3,(H,23,24). The third-order valence-corrected chi connectivity index (χ3v) is 4.59. The first kappa shape index (κ1) is 16.2. The van der Waals surface area contributed by atoms with Crippen LogP contribution in [0.15, 0.2) is 48.7 Å². The van der Waals surface area contributed by atoms with Gasteiger partial charge in [-0.2, -0.15) is 0 Å². The first-order valence-electron chi connectivity index (χ1n) is 8.05. The molecule has 1 saturated heterocycles. The fourth-order valence-corrected chi connectivity index (χ4v) is 3.36. The number of carboxylic acid groups (broad SMARTS) is 1. The van der Waals surface area contributed by atoms with Crippen LogP contribution in [0.4, 0.5) is 0 Å². The fourth-order valence-electron chi connectivity index (χ4n) is 3.36. The van der Waals surface area contributed by atoms with Crippen molar-refractivity contribution in [2.24, 2.45) is 5.92 Å². The molecule has 2 heterocycles. The number of likely N-dealkylation sites (tertiary alicyclic amines) is 1. The van der Waals surface area contributed by atoms with Gasteiger partial charge in [0.05, 0.1) is 12.0 Å². The highest BCUT2D eigenvalue weighted by Crippen LogP contribution is 2.39. The van der Waals surface area contributed by atoms with Gasteiger partial charge in [-0.25, -0.2) is 0 Å². The number of nitrogens with zero attached hydrogens (tertiary/aromatic N) is 2. The molecule has 0 bridgehead atoms. The van der Waals surface area contributed by atoms with Crippen molar-refractivity contribution in [3.63, 3.8) is 0 Å². The van der Waals surface area contributed by atoms with Crippen LogP contribution in [0.5, 0.6) is 0 Å². The van der Waals surface area contributed by atoms with Crippen molar-refractivity contribution in [3.05, 3.63) is 65.5 Å². The molecule has 0 aliphatic carbocycles. The van der Waals surface area contributed by atoms with Gasteiger partial charge in [0.2, 0.25) is 5.91 Å². The van der Waals surface area contributed by atoms with Crippen molar-refractivity contribution in [2.75, 3.05) is 6.54 Å². The maximum Gasteiger partial charge on any atom is 0.309 e. The highest BCUT2D eigenvalue weighted by atomic mass is 16.4. The molecule has 1 aromatic heterocycles. The average Bonchev–Trinajstić information content (AvgIpc) is 2.91. The molecule has 1 aliphatic heterocycles. The van der Waals surface area contributed by atoms with Crippen LogP contribution < -0.4 is 0 Å². The molecule has 0 radical (unpaired) electrons. The summed E-state index contributed by atoms with van der Waals surface area (Å²) in [6.07, 6.45) is 2.39. The summed E-state index contributed by atoms with van der Waals surface area (Å²) in [7, 11) is 0. The predicted octanol–water partition coefficient (Wildman–Crippen LogP) is 2.61. The molecule has 5 nitrogen and oxygen atoms in total. The van der Waals surface area contributed by atoms with Crippen LogP contribution in [0.25, 0.3) is 0 Å². The zero-order chi connectivity index (χ0) is 17.1. The van der Waals surface area contributed by atoms with Crippen LogP contribution >= 0.6 is 0 Å². The van der Waals surface area contributed by atoms with E-state index in [2.05, 4.69) is 4.98 Å². The SMILES string of the molecule is Cc1ccccc1C1C(C(=O)O)CC(=O)N1CCc1ccccn1. The Labute approximate surface area is 140 Å². The summed E-state index contributed by atoms with van der Waals surface area (Å²) >= 11 is 0. The van der Waals surface area contributed by atoms with Gasteiger partial charge in [-0.05, 0) is 30.2 Å². The van der Waals surface area contributed by atoms with Crippen molar-refractivity contribution in [1.29, 1.82) is 0 Å². The number of aromatic nitrogens is 1. The van der Waals surface area contributed by atoms with E-state index in [0.717, 1.165) is 16.8 Å². The van der Waals surface area contributed by atoms with Gasteiger partial charge in [0.1, 0.15) is 0 Å². The van der Waals surface area contributed by atoms with Crippen molar-refractivity contribution in [1.82, 2.24) is 9.88 Å². The smallest absolute Gasteiger partial charge is 0.309 e. The number of hydrogen-bond acceptors (Lipinski definition) is 3. The number of aliphatic carboxylic acids is 1. The molecule has 124 valence electrons. The van der Waals surface area contributed by atoms with E-state index in [9.17, 15) is 14.7 Å². The number of aryl methyl sites for hydroxylation is 1. The van der Waals surface area contributed by atoms with E-state index in [1.54, 1.807) is 11.1 Å². The van der Waals surface area contributed by atoms with Gasteiger partial charge in [0.25, 0.3) is 0 Å². The van der Waals surface area contributed by atoms with Crippen molar-refractivity contribution in [3.8, 4) is 0 Å². The predicted molar refractivity (Wildman–Crippen MR) is 89.3 cm³/mol. The third-order valence-electron chi connectivity index (χ3n) is 4.59. The molecule has 1 aromatic carbocycles. The number of carbonyl (C=O) groups excluding carboxylic acids is 1. The lowest BCUT2D eigenvalue weighted by Crippen LogP contribution is -2.33. The van der Waals surface area contributed by atoms with Gasteiger partial charge in [-0.15, -0.1) is 0 Å². The van der Waals surface area contributed by atoms with E-state index >= 15 is 0 Å². The summed E-state index contributed by atoms with van der Waals surface area (Å²) in [4.78, 5) is 30.1. The molecule has 1 amide bonds. The monoisotopic (exact) mass is 324 g/mol. The Bertz CT molecular complexity index is 745. The number of carboxylic acids is 1. The van der Waals surface area contributed by atoms with Crippen LogP contribution in [0, 0.1) is 12.8 Å². The maximum atomic E-state index is 12.4. The minimum absolute atomic E-state index is 0.0521. The molecule has 2 unspecified atom stereocenters. The second-order valence-corrected chi connectivity index (χ2v) is 6.11. The molecule has 1 fully saturated rings. The van der Waals surface area contributed by atoms with E-state index < -0.39 is 17.9 Å². The Hall–Kier alpha value is -2.69. The van der Waals surface area contributed by atoms with Gasteiger partial charge < -0.3 is 10.0 Å². The molecule has 24 heavy (non-hydrogen) atoms. The van der Waals surface area contributed by atoms with Gasteiger partial charge >= 0.3 is 5.97 Å². The summed E-state index contributed by atoms with van der Waals surface area (Å²) in [6.45, 7) is 2.42. The molecule has 3 rings (SSSR count). The highest BCUT2D eigenvalue weighted by Gasteiger charge is 2.44. The molecular weight excluding hydrogens is 304 g/mol. The van der Waals surface area contributed by atoms with Crippen LogP contribution in [0.3, 0.4) is 0 Å². The normalized spacial score (nSPS) is 20.4. The van der Waals surface area contributed by atoms with Gasteiger partial charge in [0.15, 0.2) is 0 Å². The first-order chi connectivity index (χ1) is 11.6. The Morgan fingerprint density at radius 2 is 2.00 bits per heavy atom. The summed E-state index contributed by atoms with van der Waals surface area (Å²) in [5, 5.41) is 9.57. The Morgan fingerprint density at radius 1 is 1.25 bits per heavy atom. The zero-order valence-electron chi connectivity index (χ0n) is 13.6. The second-order valence-electron chi connectivity index (χ2n) is 6.11. The van der Waals surface area contributed by atoms with Gasteiger partial charge in [-0.3, -0.25) is 14.6 Å². The zero-order valence-corrected chi connectivity index (χ0v) is 13.6. The van der Waals surface area contributed by atoms with E-state index in [-0.39, 0.29) is 12.3 Å². The minimum Gasteiger partial charge on any atom is -0.481 e. The molecular formula is C19H20N2O3. The summed E-state index contributed by atoms with van der Waals surface area (Å²) in [5.74, 6) is -1.73. The average molecular weight is 324 g/mol. The van der Waals surface area contributed by atoms with Crippen molar-refractivity contribution < 1.29 is 14.7 Å². The van der Waals surface area contributed by atoms with E-state index in [1.165, 1.54) is 0 Å². The van der Waals surface area contributed by atoms with Gasteiger partial charge in [-0.1, -0.05) is 30.3 Å².